The van der Waals surface area contributed by atoms with Gasteiger partial charge in [0.1, 0.15) is 5.75 Å². The van der Waals surface area contributed by atoms with Crippen molar-refractivity contribution in [1.82, 2.24) is 19.8 Å². The van der Waals surface area contributed by atoms with Gasteiger partial charge in [0.2, 0.25) is 11.9 Å². The van der Waals surface area contributed by atoms with Gasteiger partial charge in [-0.05, 0) is 50.6 Å². The van der Waals surface area contributed by atoms with Gasteiger partial charge in [0.05, 0.1) is 23.5 Å². The van der Waals surface area contributed by atoms with Gasteiger partial charge in [0.25, 0.3) is 0 Å². The van der Waals surface area contributed by atoms with E-state index in [1.807, 2.05) is 36.4 Å². The highest BCUT2D eigenvalue weighted by molar-refractivity contribution is 6.33. The summed E-state index contributed by atoms with van der Waals surface area (Å²) in [7, 11) is 0. The van der Waals surface area contributed by atoms with Crippen LogP contribution in [0.25, 0.3) is 11.3 Å². The molecule has 2 heterocycles. The van der Waals surface area contributed by atoms with Crippen molar-refractivity contribution in [1.29, 1.82) is 0 Å². The molecule has 1 saturated heterocycles. The highest BCUT2D eigenvalue weighted by Crippen LogP contribution is 2.29. The fraction of sp³-hybridized carbons (Fsp3) is 0.345. The minimum Gasteiger partial charge on any atom is -0.493 e. The number of carbonyl (C=O) groups excluding carboxylic acids is 1. The minimum atomic E-state index is -0.287. The largest absolute Gasteiger partial charge is 0.493 e. The van der Waals surface area contributed by atoms with Crippen LogP contribution in [0.3, 0.4) is 0 Å². The molecule has 0 aliphatic carbocycles. The van der Waals surface area contributed by atoms with Crippen LogP contribution in [-0.2, 0) is 4.79 Å². The summed E-state index contributed by atoms with van der Waals surface area (Å²) in [6, 6.07) is 15.7. The Hall–Kier alpha value is -3.46. The van der Waals surface area contributed by atoms with E-state index in [0.717, 1.165) is 56.1 Å². The van der Waals surface area contributed by atoms with Crippen molar-refractivity contribution in [3.05, 3.63) is 72.4 Å². The molecule has 4 rings (SSSR count). The van der Waals surface area contributed by atoms with Crippen molar-refractivity contribution < 1.29 is 9.53 Å². The maximum atomic E-state index is 11.7. The van der Waals surface area contributed by atoms with Crippen LogP contribution in [0.1, 0.15) is 20.3 Å². The van der Waals surface area contributed by atoms with Crippen LogP contribution in [0.15, 0.2) is 67.4 Å². The van der Waals surface area contributed by atoms with Crippen LogP contribution in [0.5, 0.6) is 5.75 Å². The summed E-state index contributed by atoms with van der Waals surface area (Å²) < 4.78 is 6.02. The van der Waals surface area contributed by atoms with Gasteiger partial charge in [-0.3, -0.25) is 9.69 Å². The van der Waals surface area contributed by atoms with Crippen LogP contribution in [0.2, 0.25) is 5.02 Å². The third-order valence-electron chi connectivity index (χ3n) is 6.45. The van der Waals surface area contributed by atoms with E-state index >= 15 is 0 Å². The van der Waals surface area contributed by atoms with Crippen molar-refractivity contribution >= 4 is 34.8 Å². The van der Waals surface area contributed by atoms with E-state index < -0.39 is 0 Å². The summed E-state index contributed by atoms with van der Waals surface area (Å²) in [5.74, 6) is 0.909. The van der Waals surface area contributed by atoms with Gasteiger partial charge in [-0.2, -0.15) is 0 Å². The second-order valence-electron chi connectivity index (χ2n) is 9.49. The molecule has 1 aliphatic heterocycles. The van der Waals surface area contributed by atoms with Gasteiger partial charge < -0.3 is 20.3 Å². The lowest BCUT2D eigenvalue weighted by Crippen LogP contribution is -2.49. The van der Waals surface area contributed by atoms with Crippen LogP contribution >= 0.6 is 11.6 Å². The molecule has 1 aromatic heterocycles. The standard InChI is InChI=1S/C29H35ClN6O2/c1-4-27(37)32-23-9-5-8-22(18-23)28-26(30)20-31-29(34-28)33-24-10-6-11-25(19-24)38-17-7-12-35-13-15-36(16-14-35)21(2)3/h4-6,8-11,18-21H,1,7,12-17H2,2-3H3,(H,32,37)(H,31,33,34). The van der Waals surface area contributed by atoms with Crippen molar-refractivity contribution in [2.45, 2.75) is 26.3 Å². The van der Waals surface area contributed by atoms with Crippen LogP contribution in [0.4, 0.5) is 17.3 Å². The van der Waals surface area contributed by atoms with Crippen LogP contribution in [-0.4, -0.2) is 71.0 Å². The Kier molecular flexibility index (Phi) is 9.70. The predicted octanol–water partition coefficient (Wildman–Crippen LogP) is 5.46. The molecule has 2 aromatic carbocycles. The number of benzene rings is 2. The fourth-order valence-corrected chi connectivity index (χ4v) is 4.54. The third kappa shape index (κ3) is 7.77. The number of hydrogen-bond acceptors (Lipinski definition) is 7. The molecule has 0 spiro atoms. The molecule has 8 nitrogen and oxygen atoms in total. The van der Waals surface area contributed by atoms with Crippen molar-refractivity contribution in [2.75, 3.05) is 50.0 Å². The Morgan fingerprint density at radius 2 is 1.89 bits per heavy atom. The van der Waals surface area contributed by atoms with Gasteiger partial charge in [0.15, 0.2) is 0 Å². The summed E-state index contributed by atoms with van der Waals surface area (Å²) in [4.78, 5) is 25.6. The van der Waals surface area contributed by atoms with Gasteiger partial charge in [-0.25, -0.2) is 9.97 Å². The predicted molar refractivity (Wildman–Crippen MR) is 154 cm³/mol. The molecule has 9 heteroatoms. The molecule has 0 bridgehead atoms. The van der Waals surface area contributed by atoms with E-state index in [4.69, 9.17) is 16.3 Å². The first kappa shape index (κ1) is 27.6. The van der Waals surface area contributed by atoms with E-state index in [9.17, 15) is 4.79 Å². The quantitative estimate of drug-likeness (QED) is 0.250. The van der Waals surface area contributed by atoms with Crippen molar-refractivity contribution in [2.24, 2.45) is 0 Å². The number of piperazine rings is 1. The SMILES string of the molecule is C=CC(=O)Nc1cccc(-c2nc(Nc3cccc(OCCCN4CCN(C(C)C)CC4)c3)ncc2Cl)c1. The Morgan fingerprint density at radius 3 is 2.66 bits per heavy atom. The van der Waals surface area contributed by atoms with Gasteiger partial charge in [0, 0.05) is 61.8 Å². The molecule has 38 heavy (non-hydrogen) atoms. The number of nitrogens with zero attached hydrogens (tertiary/aromatic N) is 4. The number of nitrogens with one attached hydrogen (secondary N) is 2. The molecule has 200 valence electrons. The molecule has 0 atom stereocenters. The Bertz CT molecular complexity index is 1240. The van der Waals surface area contributed by atoms with Crippen LogP contribution < -0.4 is 15.4 Å². The number of ether oxygens (including phenoxy) is 1. The van der Waals surface area contributed by atoms with Gasteiger partial charge >= 0.3 is 0 Å². The van der Waals surface area contributed by atoms with E-state index in [2.05, 4.69) is 50.8 Å². The van der Waals surface area contributed by atoms with E-state index in [-0.39, 0.29) is 5.91 Å². The maximum absolute atomic E-state index is 11.7. The molecule has 3 aromatic rings. The second-order valence-corrected chi connectivity index (χ2v) is 9.90. The summed E-state index contributed by atoms with van der Waals surface area (Å²) in [6.07, 6.45) is 3.76. The number of carbonyl (C=O) groups is 1. The highest BCUT2D eigenvalue weighted by Gasteiger charge is 2.18. The van der Waals surface area contributed by atoms with Crippen LogP contribution in [0, 0.1) is 0 Å². The van der Waals surface area contributed by atoms with E-state index in [1.165, 1.54) is 6.08 Å². The first-order chi connectivity index (χ1) is 18.4. The van der Waals surface area contributed by atoms with Crippen molar-refractivity contribution in [3.63, 3.8) is 0 Å². The smallest absolute Gasteiger partial charge is 0.247 e. The molecular formula is C29H35ClN6O2. The summed E-state index contributed by atoms with van der Waals surface area (Å²) in [5, 5.41) is 6.39. The topological polar surface area (TPSA) is 82.6 Å². The Labute approximate surface area is 229 Å². The molecule has 0 unspecified atom stereocenters. The molecule has 1 fully saturated rings. The summed E-state index contributed by atoms with van der Waals surface area (Å²) in [5.41, 5.74) is 2.75. The Morgan fingerprint density at radius 1 is 1.13 bits per heavy atom. The van der Waals surface area contributed by atoms with E-state index in [0.29, 0.717) is 35.0 Å². The number of amides is 1. The normalized spacial score (nSPS) is 14.3. The first-order valence-corrected chi connectivity index (χ1v) is 13.3. The lowest BCUT2D eigenvalue weighted by atomic mass is 10.1. The molecule has 1 amide bonds. The molecule has 1 aliphatic rings. The average Bonchev–Trinajstić information content (AvgIpc) is 2.93. The number of hydrogen-bond donors (Lipinski definition) is 2. The monoisotopic (exact) mass is 534 g/mol. The second kappa shape index (κ2) is 13.4. The average molecular weight is 535 g/mol. The fourth-order valence-electron chi connectivity index (χ4n) is 4.34. The Balaban J connectivity index is 1.33. The zero-order chi connectivity index (χ0) is 26.9. The van der Waals surface area contributed by atoms with Gasteiger partial charge in [-0.1, -0.05) is 36.4 Å². The summed E-state index contributed by atoms with van der Waals surface area (Å²) >= 11 is 6.41. The highest BCUT2D eigenvalue weighted by atomic mass is 35.5. The lowest BCUT2D eigenvalue weighted by molar-refractivity contribution is -0.111. The number of rotatable bonds is 11. The third-order valence-corrected chi connectivity index (χ3v) is 6.72. The number of halogens is 1. The number of anilines is 3. The number of aromatic nitrogens is 2. The van der Waals surface area contributed by atoms with Crippen molar-refractivity contribution in [3.8, 4) is 17.0 Å². The molecule has 0 radical (unpaired) electrons. The van der Waals surface area contributed by atoms with Gasteiger partial charge in [-0.15, -0.1) is 0 Å². The molecule has 0 saturated carbocycles. The minimum absolute atomic E-state index is 0.287. The zero-order valence-electron chi connectivity index (χ0n) is 22.0. The first-order valence-electron chi connectivity index (χ1n) is 12.9. The molecular weight excluding hydrogens is 500 g/mol. The zero-order valence-corrected chi connectivity index (χ0v) is 22.7. The summed E-state index contributed by atoms with van der Waals surface area (Å²) in [6.45, 7) is 14.2. The molecule has 2 N–H and O–H groups in total. The maximum Gasteiger partial charge on any atom is 0.247 e. The lowest BCUT2D eigenvalue weighted by Gasteiger charge is -2.36. The van der Waals surface area contributed by atoms with E-state index in [1.54, 1.807) is 18.3 Å².